The number of para-hydroxylation sites is 1. The first-order valence-corrected chi connectivity index (χ1v) is 19.9. The minimum absolute atomic E-state index is 0.0359. The Bertz CT molecular complexity index is 2960. The van der Waals surface area contributed by atoms with Gasteiger partial charge in [-0.05, 0) is 134 Å². The lowest BCUT2D eigenvalue weighted by atomic mass is 9.37. The summed E-state index contributed by atoms with van der Waals surface area (Å²) in [5, 5.41) is 7.48. The van der Waals surface area contributed by atoms with Crippen molar-refractivity contribution < 1.29 is 9.15 Å². The van der Waals surface area contributed by atoms with Gasteiger partial charge in [-0.2, -0.15) is 0 Å². The molecule has 8 aromatic rings. The standard InChI is InChI=1S/C48H38BNO2S/c1-47(2,3)28-15-18-42-33(22-28)45-46(53-42)49-36-23-32-35(48(4,5)34-16-13-25-9-8-11-29(25)43(32)34)24-37(36)50-38-20-27(21-41(52-45)44(38)49)26-14-17-40-31(19-26)30-10-6-7-12-39(30)51-40/h6-7,10,12-24,50H,8-9,11H2,1-5H3. The van der Waals surface area contributed by atoms with Crippen molar-refractivity contribution in [1.82, 2.24) is 0 Å². The second-order valence-corrected chi connectivity index (χ2v) is 18.3. The van der Waals surface area contributed by atoms with Crippen molar-refractivity contribution in [2.75, 3.05) is 5.32 Å². The van der Waals surface area contributed by atoms with Crippen molar-refractivity contribution in [2.45, 2.75) is 64.7 Å². The van der Waals surface area contributed by atoms with Crippen molar-refractivity contribution in [3.8, 4) is 33.8 Å². The normalized spacial score (nSPS) is 15.8. The third kappa shape index (κ3) is 4.01. The third-order valence-corrected chi connectivity index (χ3v) is 14.0. The largest absolute Gasteiger partial charge is 0.457 e. The zero-order valence-electron chi connectivity index (χ0n) is 30.7. The van der Waals surface area contributed by atoms with Crippen LogP contribution in [0.15, 0.2) is 101 Å². The Morgan fingerprint density at radius 1 is 0.755 bits per heavy atom. The number of thiophene rings is 1. The SMILES string of the molecule is CC(C)(C)c1ccc2sc3c(c2c1)Oc1cc(-c2ccc4oc5ccccc5c4c2)cc2c1B3c1cc3c(cc1N2)C(C)(C)c1ccc2c(c1-3)CCC2. The molecule has 0 spiro atoms. The van der Waals surface area contributed by atoms with Gasteiger partial charge in [0.15, 0.2) is 0 Å². The van der Waals surface area contributed by atoms with Crippen LogP contribution in [0.2, 0.25) is 0 Å². The molecule has 0 saturated heterocycles. The molecule has 4 heterocycles. The molecule has 53 heavy (non-hydrogen) atoms. The Hall–Kier alpha value is -5.26. The summed E-state index contributed by atoms with van der Waals surface area (Å²) in [6, 6.07) is 36.4. The smallest absolute Gasteiger partial charge is 0.268 e. The van der Waals surface area contributed by atoms with E-state index in [0.717, 1.165) is 50.3 Å². The predicted molar refractivity (Wildman–Crippen MR) is 224 cm³/mol. The van der Waals surface area contributed by atoms with Crippen LogP contribution in [-0.4, -0.2) is 6.71 Å². The molecule has 6 aromatic carbocycles. The molecule has 1 N–H and O–H groups in total. The highest BCUT2D eigenvalue weighted by Crippen LogP contribution is 2.53. The number of hydrogen-bond donors (Lipinski definition) is 1. The van der Waals surface area contributed by atoms with E-state index in [9.17, 15) is 0 Å². The number of nitrogens with one attached hydrogen (secondary N) is 1. The Balaban J connectivity index is 1.11. The van der Waals surface area contributed by atoms with Gasteiger partial charge in [0.05, 0.1) is 0 Å². The van der Waals surface area contributed by atoms with E-state index in [1.807, 2.05) is 23.5 Å². The van der Waals surface area contributed by atoms with Gasteiger partial charge in [0.1, 0.15) is 22.7 Å². The summed E-state index contributed by atoms with van der Waals surface area (Å²) in [7, 11) is 0. The molecule has 256 valence electrons. The van der Waals surface area contributed by atoms with Gasteiger partial charge in [-0.1, -0.05) is 83.1 Å². The maximum absolute atomic E-state index is 7.16. The van der Waals surface area contributed by atoms with E-state index in [-0.39, 0.29) is 17.5 Å². The van der Waals surface area contributed by atoms with Crippen LogP contribution in [0.3, 0.4) is 0 Å². The molecular weight excluding hydrogens is 665 g/mol. The van der Waals surface area contributed by atoms with Gasteiger partial charge in [0, 0.05) is 42.4 Å². The fourth-order valence-corrected chi connectivity index (χ4v) is 11.3. The summed E-state index contributed by atoms with van der Waals surface area (Å²) in [6.45, 7) is 11.8. The molecular formula is C48H38BNO2S. The molecule has 2 aromatic heterocycles. The van der Waals surface area contributed by atoms with Gasteiger partial charge in [-0.15, -0.1) is 11.3 Å². The van der Waals surface area contributed by atoms with Crippen molar-refractivity contribution in [3.05, 3.63) is 125 Å². The number of hydrogen-bond acceptors (Lipinski definition) is 4. The van der Waals surface area contributed by atoms with E-state index in [1.54, 1.807) is 5.56 Å². The molecule has 12 rings (SSSR count). The average molecular weight is 704 g/mol. The summed E-state index contributed by atoms with van der Waals surface area (Å²) < 4.78 is 16.0. The number of aryl methyl sites for hydroxylation is 1. The molecule has 3 nitrogen and oxygen atoms in total. The van der Waals surface area contributed by atoms with Crippen molar-refractivity contribution in [2.24, 2.45) is 0 Å². The van der Waals surface area contributed by atoms with E-state index in [2.05, 4.69) is 125 Å². The zero-order chi connectivity index (χ0) is 35.5. The molecule has 0 unspecified atom stereocenters. The van der Waals surface area contributed by atoms with Gasteiger partial charge in [0.2, 0.25) is 0 Å². The van der Waals surface area contributed by atoms with Crippen molar-refractivity contribution >= 4 is 77.2 Å². The van der Waals surface area contributed by atoms with Crippen LogP contribution in [-0.2, 0) is 23.7 Å². The van der Waals surface area contributed by atoms with E-state index < -0.39 is 0 Å². The highest BCUT2D eigenvalue weighted by molar-refractivity contribution is 7.33. The molecule has 0 atom stereocenters. The Morgan fingerprint density at radius 2 is 1.62 bits per heavy atom. The number of rotatable bonds is 1. The second kappa shape index (κ2) is 10.0. The molecule has 0 saturated carbocycles. The van der Waals surface area contributed by atoms with Crippen LogP contribution in [0.1, 0.15) is 68.9 Å². The van der Waals surface area contributed by atoms with Crippen molar-refractivity contribution in [1.29, 1.82) is 0 Å². The molecule has 0 fully saturated rings. The molecule has 4 aliphatic rings. The maximum atomic E-state index is 7.16. The molecule has 2 aliphatic heterocycles. The van der Waals surface area contributed by atoms with Crippen LogP contribution in [0.5, 0.6) is 11.5 Å². The van der Waals surface area contributed by atoms with E-state index >= 15 is 0 Å². The summed E-state index contributed by atoms with van der Waals surface area (Å²) in [5.74, 6) is 1.95. The molecule has 0 amide bonds. The highest BCUT2D eigenvalue weighted by atomic mass is 32.1. The van der Waals surface area contributed by atoms with Crippen LogP contribution >= 0.6 is 11.3 Å². The lowest BCUT2D eigenvalue weighted by molar-refractivity contribution is 0.495. The lowest BCUT2D eigenvalue weighted by Crippen LogP contribution is -2.57. The topological polar surface area (TPSA) is 34.4 Å². The quantitative estimate of drug-likeness (QED) is 0.173. The third-order valence-electron chi connectivity index (χ3n) is 12.8. The summed E-state index contributed by atoms with van der Waals surface area (Å²) in [5.41, 5.74) is 19.3. The fourth-order valence-electron chi connectivity index (χ4n) is 10.1. The fraction of sp³-hybridized carbons (Fsp3) is 0.208. The van der Waals surface area contributed by atoms with E-state index in [1.165, 1.54) is 84.1 Å². The zero-order valence-corrected chi connectivity index (χ0v) is 31.5. The van der Waals surface area contributed by atoms with Crippen LogP contribution in [0.25, 0.3) is 54.3 Å². The Kier molecular flexibility index (Phi) is 5.72. The minimum Gasteiger partial charge on any atom is -0.457 e. The average Bonchev–Trinajstić information content (AvgIpc) is 3.91. The van der Waals surface area contributed by atoms with Crippen LogP contribution < -0.4 is 25.8 Å². The van der Waals surface area contributed by atoms with Gasteiger partial charge in [-0.3, -0.25) is 0 Å². The second-order valence-electron chi connectivity index (χ2n) is 17.3. The summed E-state index contributed by atoms with van der Waals surface area (Å²) >= 11 is 1.90. The number of ether oxygens (including phenoxy) is 1. The first-order valence-electron chi connectivity index (χ1n) is 19.1. The highest BCUT2D eigenvalue weighted by Gasteiger charge is 2.45. The van der Waals surface area contributed by atoms with E-state index in [4.69, 9.17) is 9.15 Å². The van der Waals surface area contributed by atoms with Crippen molar-refractivity contribution in [3.63, 3.8) is 0 Å². The maximum Gasteiger partial charge on any atom is 0.268 e. The molecule has 5 heteroatoms. The van der Waals surface area contributed by atoms with Gasteiger partial charge >= 0.3 is 0 Å². The van der Waals surface area contributed by atoms with Gasteiger partial charge in [0.25, 0.3) is 6.71 Å². The number of furan rings is 1. The number of fused-ring (bicyclic) bond motifs is 14. The van der Waals surface area contributed by atoms with Gasteiger partial charge in [-0.25, -0.2) is 0 Å². The summed E-state index contributed by atoms with van der Waals surface area (Å²) in [6.07, 6.45) is 3.61. The predicted octanol–water partition coefficient (Wildman–Crippen LogP) is 11.2. The lowest BCUT2D eigenvalue weighted by Gasteiger charge is -2.34. The summed E-state index contributed by atoms with van der Waals surface area (Å²) in [4.78, 5) is 0. The first kappa shape index (κ1) is 30.2. The molecule has 0 radical (unpaired) electrons. The molecule has 0 bridgehead atoms. The Morgan fingerprint density at radius 3 is 2.51 bits per heavy atom. The van der Waals surface area contributed by atoms with E-state index in [0.29, 0.717) is 0 Å². The Labute approximate surface area is 313 Å². The minimum atomic E-state index is -0.0726. The monoisotopic (exact) mass is 703 g/mol. The van der Waals surface area contributed by atoms with Gasteiger partial charge < -0.3 is 14.5 Å². The number of benzene rings is 6. The van der Waals surface area contributed by atoms with Crippen LogP contribution in [0, 0.1) is 0 Å². The number of anilines is 2. The molecule has 2 aliphatic carbocycles. The first-order chi connectivity index (χ1) is 25.6. The van der Waals surface area contributed by atoms with Crippen LogP contribution in [0.4, 0.5) is 11.4 Å².